The second-order valence-electron chi connectivity index (χ2n) is 6.20. The molecule has 1 aromatic heterocycles. The second kappa shape index (κ2) is 4.83. The van der Waals surface area contributed by atoms with Crippen LogP contribution in [0.1, 0.15) is 39.5 Å². The van der Waals surface area contributed by atoms with Crippen molar-refractivity contribution in [3.8, 4) is 0 Å². The highest BCUT2D eigenvalue weighted by Crippen LogP contribution is 2.35. The van der Waals surface area contributed by atoms with Crippen LogP contribution in [0.4, 0.5) is 5.82 Å². The number of rotatable bonds is 2. The van der Waals surface area contributed by atoms with Gasteiger partial charge >= 0.3 is 5.69 Å². The Labute approximate surface area is 112 Å². The lowest BCUT2D eigenvalue weighted by Gasteiger charge is -2.34. The summed E-state index contributed by atoms with van der Waals surface area (Å²) in [5, 5.41) is 7.21. The van der Waals surface area contributed by atoms with E-state index < -0.39 is 5.69 Å². The standard InChI is InChI=1S/C13H22N4O2/c1-13(2)7-5-9(6-8-13)14-10-11(18)16(3)12(19)17(4)15-10/h9H,5-8H2,1-4H3,(H,14,15). The van der Waals surface area contributed by atoms with Crippen LogP contribution in [0.15, 0.2) is 9.59 Å². The molecule has 1 N–H and O–H groups in total. The molecule has 0 atom stereocenters. The molecule has 0 spiro atoms. The number of nitrogens with zero attached hydrogens (tertiary/aromatic N) is 3. The van der Waals surface area contributed by atoms with Crippen molar-refractivity contribution in [2.45, 2.75) is 45.6 Å². The van der Waals surface area contributed by atoms with E-state index in [9.17, 15) is 9.59 Å². The number of anilines is 1. The van der Waals surface area contributed by atoms with Gasteiger partial charge in [0.25, 0.3) is 5.56 Å². The topological polar surface area (TPSA) is 68.9 Å². The number of hydrogen-bond donors (Lipinski definition) is 1. The van der Waals surface area contributed by atoms with E-state index in [1.54, 1.807) is 7.05 Å². The van der Waals surface area contributed by atoms with Crippen LogP contribution >= 0.6 is 0 Å². The minimum atomic E-state index is -0.402. The zero-order valence-electron chi connectivity index (χ0n) is 12.1. The summed E-state index contributed by atoms with van der Waals surface area (Å²) in [5.74, 6) is 0.273. The Hall–Kier alpha value is -1.59. The number of hydrogen-bond acceptors (Lipinski definition) is 4. The highest BCUT2D eigenvalue weighted by Gasteiger charge is 2.27. The number of aromatic nitrogens is 3. The summed E-state index contributed by atoms with van der Waals surface area (Å²) >= 11 is 0. The first-order valence-electron chi connectivity index (χ1n) is 6.71. The van der Waals surface area contributed by atoms with E-state index in [1.807, 2.05) is 0 Å². The second-order valence-corrected chi connectivity index (χ2v) is 6.20. The average molecular weight is 266 g/mol. The lowest BCUT2D eigenvalue weighted by atomic mass is 9.75. The summed E-state index contributed by atoms with van der Waals surface area (Å²) in [6.07, 6.45) is 4.33. The minimum absolute atomic E-state index is 0.269. The van der Waals surface area contributed by atoms with E-state index in [1.165, 1.54) is 11.7 Å². The van der Waals surface area contributed by atoms with Gasteiger partial charge in [0.05, 0.1) is 0 Å². The van der Waals surface area contributed by atoms with Gasteiger partial charge in [-0.1, -0.05) is 13.8 Å². The van der Waals surface area contributed by atoms with Crippen LogP contribution < -0.4 is 16.6 Å². The normalized spacial score (nSPS) is 19.4. The predicted octanol–water partition coefficient (Wildman–Crippen LogP) is 0.860. The Morgan fingerprint density at radius 1 is 1.21 bits per heavy atom. The summed E-state index contributed by atoms with van der Waals surface area (Å²) < 4.78 is 2.28. The van der Waals surface area contributed by atoms with Gasteiger partial charge in [-0.2, -0.15) is 0 Å². The molecule has 1 fully saturated rings. The third kappa shape index (κ3) is 2.88. The predicted molar refractivity (Wildman–Crippen MR) is 74.4 cm³/mol. The molecule has 0 aliphatic heterocycles. The smallest absolute Gasteiger partial charge is 0.346 e. The van der Waals surface area contributed by atoms with Crippen LogP contribution in [0.25, 0.3) is 0 Å². The quantitative estimate of drug-likeness (QED) is 0.862. The van der Waals surface area contributed by atoms with Crippen molar-refractivity contribution in [2.24, 2.45) is 19.5 Å². The summed E-state index contributed by atoms with van der Waals surface area (Å²) in [6.45, 7) is 4.54. The maximum atomic E-state index is 12.0. The molecular weight excluding hydrogens is 244 g/mol. The van der Waals surface area contributed by atoms with Crippen LogP contribution in [0.5, 0.6) is 0 Å². The lowest BCUT2D eigenvalue weighted by Crippen LogP contribution is -2.41. The Balaban J connectivity index is 2.17. The molecule has 0 amide bonds. The van der Waals surface area contributed by atoms with Gasteiger partial charge < -0.3 is 5.32 Å². The van der Waals surface area contributed by atoms with Crippen molar-refractivity contribution in [1.82, 2.24) is 14.3 Å². The van der Waals surface area contributed by atoms with Crippen molar-refractivity contribution >= 4 is 5.82 Å². The fourth-order valence-electron chi connectivity index (χ4n) is 2.53. The van der Waals surface area contributed by atoms with Crippen molar-refractivity contribution in [1.29, 1.82) is 0 Å². The Morgan fingerprint density at radius 3 is 2.37 bits per heavy atom. The van der Waals surface area contributed by atoms with E-state index in [0.717, 1.165) is 30.3 Å². The Kier molecular flexibility index (Phi) is 3.52. The van der Waals surface area contributed by atoms with Crippen LogP contribution in [-0.4, -0.2) is 20.4 Å². The average Bonchev–Trinajstić information content (AvgIpc) is 2.36. The molecular formula is C13H22N4O2. The Bertz CT molecular complexity index is 575. The molecule has 0 bridgehead atoms. The first-order valence-corrected chi connectivity index (χ1v) is 6.71. The first kappa shape index (κ1) is 13.8. The summed E-state index contributed by atoms with van der Waals surface area (Å²) in [6, 6.07) is 0.269. The lowest BCUT2D eigenvalue weighted by molar-refractivity contribution is 0.232. The molecule has 6 nitrogen and oxygen atoms in total. The molecule has 19 heavy (non-hydrogen) atoms. The van der Waals surface area contributed by atoms with E-state index >= 15 is 0 Å². The molecule has 0 unspecified atom stereocenters. The van der Waals surface area contributed by atoms with Crippen molar-refractivity contribution in [2.75, 3.05) is 5.32 Å². The minimum Gasteiger partial charge on any atom is -0.361 e. The van der Waals surface area contributed by atoms with Gasteiger partial charge in [-0.05, 0) is 31.1 Å². The van der Waals surface area contributed by atoms with E-state index in [-0.39, 0.29) is 17.4 Å². The van der Waals surface area contributed by atoms with Gasteiger partial charge in [0.1, 0.15) is 0 Å². The molecule has 6 heteroatoms. The number of aryl methyl sites for hydroxylation is 1. The van der Waals surface area contributed by atoms with Gasteiger partial charge in [-0.15, -0.1) is 5.10 Å². The maximum absolute atomic E-state index is 12.0. The van der Waals surface area contributed by atoms with E-state index in [4.69, 9.17) is 0 Å². The first-order chi connectivity index (χ1) is 8.80. The number of nitrogens with one attached hydrogen (secondary N) is 1. The van der Waals surface area contributed by atoms with E-state index in [2.05, 4.69) is 24.3 Å². The van der Waals surface area contributed by atoms with Gasteiger partial charge in [-0.25, -0.2) is 9.48 Å². The Morgan fingerprint density at radius 2 is 1.79 bits per heavy atom. The molecule has 2 rings (SSSR count). The fraction of sp³-hybridized carbons (Fsp3) is 0.769. The van der Waals surface area contributed by atoms with Crippen molar-refractivity contribution in [3.05, 3.63) is 20.8 Å². The van der Waals surface area contributed by atoms with Crippen LogP contribution in [-0.2, 0) is 14.1 Å². The fourth-order valence-corrected chi connectivity index (χ4v) is 2.53. The van der Waals surface area contributed by atoms with Gasteiger partial charge in [-0.3, -0.25) is 9.36 Å². The summed E-state index contributed by atoms with van der Waals surface area (Å²) in [5.41, 5.74) is -0.367. The molecule has 1 aliphatic rings. The molecule has 1 aromatic rings. The van der Waals surface area contributed by atoms with Crippen molar-refractivity contribution in [3.63, 3.8) is 0 Å². The molecule has 1 saturated carbocycles. The largest absolute Gasteiger partial charge is 0.361 e. The summed E-state index contributed by atoms with van der Waals surface area (Å²) in [4.78, 5) is 23.5. The molecule has 106 valence electrons. The zero-order valence-corrected chi connectivity index (χ0v) is 12.1. The molecule has 1 heterocycles. The zero-order chi connectivity index (χ0) is 14.2. The van der Waals surface area contributed by atoms with Crippen LogP contribution in [0, 0.1) is 5.41 Å². The molecule has 1 aliphatic carbocycles. The maximum Gasteiger partial charge on any atom is 0.346 e. The summed E-state index contributed by atoms with van der Waals surface area (Å²) in [7, 11) is 3.03. The third-order valence-corrected chi connectivity index (χ3v) is 4.00. The van der Waals surface area contributed by atoms with Crippen LogP contribution in [0.3, 0.4) is 0 Å². The SMILES string of the molecule is Cn1nc(NC2CCC(C)(C)CC2)c(=O)n(C)c1=O. The van der Waals surface area contributed by atoms with Gasteiger partial charge in [0.2, 0.25) is 5.82 Å². The molecule has 0 aromatic carbocycles. The highest BCUT2D eigenvalue weighted by atomic mass is 16.2. The van der Waals surface area contributed by atoms with Crippen molar-refractivity contribution < 1.29 is 0 Å². The van der Waals surface area contributed by atoms with Gasteiger partial charge in [0, 0.05) is 20.1 Å². The third-order valence-electron chi connectivity index (χ3n) is 4.00. The molecule has 0 saturated heterocycles. The molecule has 0 radical (unpaired) electrons. The van der Waals surface area contributed by atoms with E-state index in [0.29, 0.717) is 5.41 Å². The van der Waals surface area contributed by atoms with Gasteiger partial charge in [0.15, 0.2) is 0 Å². The van der Waals surface area contributed by atoms with Crippen LogP contribution in [0.2, 0.25) is 0 Å². The highest BCUT2D eigenvalue weighted by molar-refractivity contribution is 5.31. The monoisotopic (exact) mass is 266 g/mol.